The van der Waals surface area contributed by atoms with Crippen molar-refractivity contribution in [3.63, 3.8) is 0 Å². The fourth-order valence-electron chi connectivity index (χ4n) is 3.94. The van der Waals surface area contributed by atoms with E-state index in [0.29, 0.717) is 16.7 Å². The number of hydrogen-bond donors (Lipinski definition) is 2. The average molecular weight is 506 g/mol. The minimum absolute atomic E-state index is 0. The predicted molar refractivity (Wildman–Crippen MR) is 131 cm³/mol. The van der Waals surface area contributed by atoms with Crippen LogP contribution in [0.15, 0.2) is 82.6 Å². The van der Waals surface area contributed by atoms with Gasteiger partial charge in [-0.05, 0) is 78.9 Å². The molecule has 0 atom stereocenters. The zero-order valence-electron chi connectivity index (χ0n) is 17.7. The number of aromatic nitrogens is 4. The summed E-state index contributed by atoms with van der Waals surface area (Å²) < 4.78 is 26.9. The summed E-state index contributed by atoms with van der Waals surface area (Å²) in [6, 6.07) is 21.5. The molecule has 0 radical (unpaired) electrons. The van der Waals surface area contributed by atoms with Crippen LogP contribution in [0.25, 0.3) is 46.4 Å². The van der Waals surface area contributed by atoms with Gasteiger partial charge in [0.1, 0.15) is 0 Å². The zero-order chi connectivity index (χ0) is 22.4. The van der Waals surface area contributed by atoms with Gasteiger partial charge in [-0.1, -0.05) is 18.2 Å². The molecule has 2 aliphatic heterocycles. The van der Waals surface area contributed by atoms with Gasteiger partial charge in [-0.15, -0.1) is 0 Å². The van der Waals surface area contributed by atoms with Gasteiger partial charge in [0, 0.05) is 33.6 Å². The molecule has 8 heteroatoms. The second kappa shape index (κ2) is 8.57. The molecule has 168 valence electrons. The maximum absolute atomic E-state index is 13.4. The van der Waals surface area contributed by atoms with Crippen molar-refractivity contribution in [2.75, 3.05) is 0 Å². The fraction of sp³-hybridized carbons (Fsp3) is 0. The monoisotopic (exact) mass is 506 g/mol. The van der Waals surface area contributed by atoms with E-state index in [0.717, 1.165) is 28.1 Å². The molecule has 1 aromatic carbocycles. The Balaban J connectivity index is 0.00000241. The first kappa shape index (κ1) is 22.1. The summed E-state index contributed by atoms with van der Waals surface area (Å²) in [5.74, 6) is 0. The smallest absolute Gasteiger partial charge is 0.208 e. The van der Waals surface area contributed by atoms with Crippen molar-refractivity contribution in [2.45, 2.75) is 9.79 Å². The Bertz CT molecular complexity index is 1730. The molecule has 0 saturated heterocycles. The molecule has 3 aromatic heterocycles. The Hall–Kier alpha value is -3.71. The molecular weight excluding hydrogens is 488 g/mol. The van der Waals surface area contributed by atoms with Gasteiger partial charge in [-0.25, -0.2) is 18.4 Å². The first-order valence-electron chi connectivity index (χ1n) is 10.4. The molecule has 8 bridgehead atoms. The summed E-state index contributed by atoms with van der Waals surface area (Å²) >= 11 is 0. The van der Waals surface area contributed by atoms with Crippen molar-refractivity contribution in [3.8, 4) is 0 Å². The van der Waals surface area contributed by atoms with Crippen LogP contribution < -0.4 is 0 Å². The third-order valence-corrected chi connectivity index (χ3v) is 7.28. The van der Waals surface area contributed by atoms with Crippen molar-refractivity contribution in [1.82, 2.24) is 19.9 Å². The van der Waals surface area contributed by atoms with Gasteiger partial charge >= 0.3 is 0 Å². The minimum Gasteiger partial charge on any atom is -0.355 e. The van der Waals surface area contributed by atoms with Crippen LogP contribution in [0.1, 0.15) is 22.8 Å². The number of aromatic amines is 2. The summed E-state index contributed by atoms with van der Waals surface area (Å²) in [5, 5.41) is 0. The van der Waals surface area contributed by atoms with Gasteiger partial charge in [0.25, 0.3) is 0 Å². The second-order valence-corrected chi connectivity index (χ2v) is 9.77. The van der Waals surface area contributed by atoms with Crippen LogP contribution in [0.3, 0.4) is 0 Å². The number of sulfone groups is 1. The average Bonchev–Trinajstić information content (AvgIpc) is 3.59. The summed E-state index contributed by atoms with van der Waals surface area (Å²) in [5.41, 5.74) is 5.97. The zero-order valence-corrected chi connectivity index (χ0v) is 19.6. The van der Waals surface area contributed by atoms with Gasteiger partial charge in [0.05, 0.1) is 38.1 Å². The normalized spacial score (nSPS) is 12.5. The quantitative estimate of drug-likeness (QED) is 0.304. The molecule has 0 fully saturated rings. The van der Waals surface area contributed by atoms with E-state index in [1.807, 2.05) is 54.6 Å². The number of fused-ring (bicyclic) bond motifs is 8. The Morgan fingerprint density at radius 3 is 1.85 bits per heavy atom. The SMILES string of the molecule is O=S(=O)(c1ccccc1)c1cc2cc3ccc(cc4nc(cc5nc(cc1[nH]2)C=C5)C=C4)[nH]3.[Fe]. The maximum atomic E-state index is 13.4. The van der Waals surface area contributed by atoms with Gasteiger partial charge in [0.2, 0.25) is 9.84 Å². The van der Waals surface area contributed by atoms with Crippen LogP contribution in [0.5, 0.6) is 0 Å². The van der Waals surface area contributed by atoms with Crippen LogP contribution in [-0.2, 0) is 26.9 Å². The van der Waals surface area contributed by atoms with Gasteiger partial charge in [-0.3, -0.25) is 0 Å². The van der Waals surface area contributed by atoms with Gasteiger partial charge in [-0.2, -0.15) is 0 Å². The number of rotatable bonds is 2. The molecule has 2 N–H and O–H groups in total. The summed E-state index contributed by atoms with van der Waals surface area (Å²) in [7, 11) is -3.73. The van der Waals surface area contributed by atoms with E-state index in [1.54, 1.807) is 42.5 Å². The largest absolute Gasteiger partial charge is 0.355 e. The van der Waals surface area contributed by atoms with Crippen molar-refractivity contribution >= 4 is 56.2 Å². The third-order valence-electron chi connectivity index (χ3n) is 5.47. The minimum atomic E-state index is -3.73. The predicted octanol–water partition coefficient (Wildman–Crippen LogP) is 5.49. The van der Waals surface area contributed by atoms with Crippen LogP contribution >= 0.6 is 0 Å². The molecule has 34 heavy (non-hydrogen) atoms. The maximum Gasteiger partial charge on any atom is 0.208 e. The molecule has 6 rings (SSSR count). The standard InChI is InChI=1S/C26H18N4O2S.Fe/c31-33(32,24-4-2-1-3-5-24)26-16-23-14-21-9-8-19(28-21)12-17-6-7-18(27-17)13-20-10-11-22(29-20)15-25(26)30-23;/h1-16,28,30H;. The number of H-pyrrole nitrogens is 2. The fourth-order valence-corrected chi connectivity index (χ4v) is 5.39. The first-order valence-corrected chi connectivity index (χ1v) is 11.9. The molecule has 0 unspecified atom stereocenters. The number of nitrogens with one attached hydrogen (secondary N) is 2. The summed E-state index contributed by atoms with van der Waals surface area (Å²) in [4.78, 5) is 16.3. The van der Waals surface area contributed by atoms with E-state index in [4.69, 9.17) is 0 Å². The molecule has 4 aromatic rings. The molecule has 0 amide bonds. The Labute approximate surface area is 206 Å². The topological polar surface area (TPSA) is 91.5 Å². The van der Waals surface area contributed by atoms with E-state index < -0.39 is 9.84 Å². The molecule has 5 heterocycles. The molecule has 0 aliphatic carbocycles. The van der Waals surface area contributed by atoms with Crippen LogP contribution in [0.2, 0.25) is 0 Å². The Morgan fingerprint density at radius 1 is 0.588 bits per heavy atom. The van der Waals surface area contributed by atoms with Gasteiger partial charge in [0.15, 0.2) is 0 Å². The van der Waals surface area contributed by atoms with Crippen LogP contribution in [-0.4, -0.2) is 28.4 Å². The number of benzene rings is 1. The summed E-state index contributed by atoms with van der Waals surface area (Å²) in [6.07, 6.45) is 7.65. The number of hydrogen-bond acceptors (Lipinski definition) is 4. The third kappa shape index (κ3) is 4.15. The van der Waals surface area contributed by atoms with E-state index in [2.05, 4.69) is 19.9 Å². The second-order valence-electron chi connectivity index (χ2n) is 7.86. The van der Waals surface area contributed by atoms with Crippen LogP contribution in [0.4, 0.5) is 0 Å². The molecular formula is C26H18FeN4O2S. The molecule has 6 nitrogen and oxygen atoms in total. The number of nitrogens with zero attached hydrogens (tertiary/aromatic N) is 2. The van der Waals surface area contributed by atoms with Crippen molar-refractivity contribution in [2.24, 2.45) is 0 Å². The van der Waals surface area contributed by atoms with Crippen LogP contribution in [0, 0.1) is 0 Å². The Morgan fingerprint density at radius 2 is 1.18 bits per heavy atom. The van der Waals surface area contributed by atoms with E-state index in [-0.39, 0.29) is 26.9 Å². The molecule has 0 spiro atoms. The van der Waals surface area contributed by atoms with Crippen molar-refractivity contribution < 1.29 is 25.5 Å². The van der Waals surface area contributed by atoms with Crippen molar-refractivity contribution in [1.29, 1.82) is 0 Å². The van der Waals surface area contributed by atoms with Crippen molar-refractivity contribution in [3.05, 3.63) is 95.6 Å². The molecule has 0 saturated carbocycles. The van der Waals surface area contributed by atoms with E-state index in [9.17, 15) is 8.42 Å². The van der Waals surface area contributed by atoms with E-state index >= 15 is 0 Å². The molecule has 2 aliphatic rings. The Kier molecular flexibility index (Phi) is 5.57. The first-order chi connectivity index (χ1) is 16.0. The van der Waals surface area contributed by atoms with E-state index in [1.165, 1.54) is 0 Å². The summed E-state index contributed by atoms with van der Waals surface area (Å²) in [6.45, 7) is 0. The van der Waals surface area contributed by atoms with Gasteiger partial charge < -0.3 is 9.97 Å².